The molecule has 0 atom stereocenters. The van der Waals surface area contributed by atoms with Gasteiger partial charge in [-0.3, -0.25) is 0 Å². The molecule has 2 N–H and O–H groups in total. The van der Waals surface area contributed by atoms with Crippen LogP contribution in [0.2, 0.25) is 0 Å². The van der Waals surface area contributed by atoms with E-state index in [1.54, 1.807) is 0 Å². The first-order valence-corrected chi connectivity index (χ1v) is 3.64. The van der Waals surface area contributed by atoms with Crippen molar-refractivity contribution < 1.29 is 17.6 Å². The van der Waals surface area contributed by atoms with Crippen LogP contribution in [0.3, 0.4) is 0 Å². The molecule has 14 heavy (non-hydrogen) atoms. The van der Waals surface area contributed by atoms with E-state index in [1.807, 2.05) is 0 Å². The summed E-state index contributed by atoms with van der Waals surface area (Å²) in [6, 6.07) is 2.86. The average Bonchev–Trinajstić information content (AvgIpc) is 2.07. The molecule has 0 aliphatic carbocycles. The zero-order valence-corrected chi connectivity index (χ0v) is 7.03. The SMILES string of the molecule is C=C(c1ccc(N)c(F)c1)C(F)(F)F. The second kappa shape index (κ2) is 3.32. The Balaban J connectivity index is 3.10. The van der Waals surface area contributed by atoms with E-state index in [4.69, 9.17) is 5.73 Å². The largest absolute Gasteiger partial charge is 0.416 e. The van der Waals surface area contributed by atoms with Gasteiger partial charge < -0.3 is 5.73 Å². The van der Waals surface area contributed by atoms with Crippen molar-refractivity contribution in [2.24, 2.45) is 0 Å². The molecular formula is C9H7F4N. The lowest BCUT2D eigenvalue weighted by atomic mass is 10.1. The van der Waals surface area contributed by atoms with Gasteiger partial charge in [0.05, 0.1) is 11.3 Å². The Morgan fingerprint density at radius 2 is 1.86 bits per heavy atom. The minimum atomic E-state index is -4.55. The van der Waals surface area contributed by atoms with Crippen molar-refractivity contribution in [3.63, 3.8) is 0 Å². The zero-order valence-electron chi connectivity index (χ0n) is 7.03. The Morgan fingerprint density at radius 1 is 1.29 bits per heavy atom. The number of hydrogen-bond donors (Lipinski definition) is 1. The number of rotatable bonds is 1. The summed E-state index contributed by atoms with van der Waals surface area (Å²) in [4.78, 5) is 0. The Morgan fingerprint density at radius 3 is 2.29 bits per heavy atom. The number of allylic oxidation sites excluding steroid dienone is 1. The molecule has 1 aromatic carbocycles. The molecule has 1 nitrogen and oxygen atoms in total. The molecule has 0 aliphatic heterocycles. The maximum atomic E-state index is 12.8. The van der Waals surface area contributed by atoms with E-state index < -0.39 is 17.6 Å². The zero-order chi connectivity index (χ0) is 10.9. The number of anilines is 1. The van der Waals surface area contributed by atoms with E-state index in [2.05, 4.69) is 6.58 Å². The van der Waals surface area contributed by atoms with Gasteiger partial charge in [0.25, 0.3) is 0 Å². The summed E-state index contributed by atoms with van der Waals surface area (Å²) in [5.41, 5.74) is 3.52. The number of halogens is 4. The molecule has 0 amide bonds. The monoisotopic (exact) mass is 205 g/mol. The van der Waals surface area contributed by atoms with Gasteiger partial charge in [-0.25, -0.2) is 4.39 Å². The summed E-state index contributed by atoms with van der Waals surface area (Å²) in [5.74, 6) is -0.882. The first-order chi connectivity index (χ1) is 6.32. The predicted octanol–water partition coefficient (Wildman–Crippen LogP) is 2.98. The highest BCUT2D eigenvalue weighted by Crippen LogP contribution is 2.32. The van der Waals surface area contributed by atoms with Crippen molar-refractivity contribution in [2.75, 3.05) is 5.73 Å². The molecule has 1 rings (SSSR count). The van der Waals surface area contributed by atoms with Crippen LogP contribution in [0.4, 0.5) is 23.2 Å². The normalized spacial score (nSPS) is 11.4. The van der Waals surface area contributed by atoms with Gasteiger partial charge in [0.2, 0.25) is 0 Å². The molecule has 0 spiro atoms. The molecule has 0 saturated carbocycles. The van der Waals surface area contributed by atoms with Crippen LogP contribution in [0.25, 0.3) is 5.57 Å². The predicted molar refractivity (Wildman–Crippen MR) is 45.9 cm³/mol. The molecule has 0 radical (unpaired) electrons. The molecular weight excluding hydrogens is 198 g/mol. The van der Waals surface area contributed by atoms with Crippen molar-refractivity contribution in [3.05, 3.63) is 36.2 Å². The van der Waals surface area contributed by atoms with Crippen molar-refractivity contribution >= 4 is 11.3 Å². The van der Waals surface area contributed by atoms with E-state index in [0.717, 1.165) is 12.1 Å². The molecule has 0 aliphatic rings. The molecule has 0 heterocycles. The lowest BCUT2D eigenvalue weighted by Crippen LogP contribution is -2.09. The Hall–Kier alpha value is -1.52. The minimum Gasteiger partial charge on any atom is -0.396 e. The summed E-state index contributed by atoms with van der Waals surface area (Å²) < 4.78 is 49.1. The van der Waals surface area contributed by atoms with Crippen molar-refractivity contribution in [3.8, 4) is 0 Å². The molecule has 1 aromatic rings. The quantitative estimate of drug-likeness (QED) is 0.553. The topological polar surface area (TPSA) is 26.0 Å². The van der Waals surface area contributed by atoms with E-state index in [-0.39, 0.29) is 11.3 Å². The fourth-order valence-electron chi connectivity index (χ4n) is 0.879. The Bertz CT molecular complexity index is 368. The molecule has 76 valence electrons. The van der Waals surface area contributed by atoms with Gasteiger partial charge in [-0.1, -0.05) is 12.6 Å². The standard InChI is InChI=1S/C9H7F4N/c1-5(9(11,12)13)6-2-3-8(14)7(10)4-6/h2-4H,1,14H2. The smallest absolute Gasteiger partial charge is 0.396 e. The first-order valence-electron chi connectivity index (χ1n) is 3.64. The van der Waals surface area contributed by atoms with Gasteiger partial charge in [0, 0.05) is 0 Å². The van der Waals surface area contributed by atoms with Crippen LogP contribution >= 0.6 is 0 Å². The number of nitrogen functional groups attached to an aromatic ring is 1. The summed E-state index contributed by atoms with van der Waals surface area (Å²) in [6.45, 7) is 2.83. The van der Waals surface area contributed by atoms with Crippen LogP contribution in [0.15, 0.2) is 24.8 Å². The van der Waals surface area contributed by atoms with E-state index in [1.165, 1.54) is 0 Å². The van der Waals surface area contributed by atoms with Crippen molar-refractivity contribution in [1.82, 2.24) is 0 Å². The fraction of sp³-hybridized carbons (Fsp3) is 0.111. The van der Waals surface area contributed by atoms with Crippen LogP contribution in [0, 0.1) is 5.82 Å². The number of alkyl halides is 3. The molecule has 0 saturated heterocycles. The summed E-state index contributed by atoms with van der Waals surface area (Å²) in [7, 11) is 0. The number of nitrogens with two attached hydrogens (primary N) is 1. The third-order valence-electron chi connectivity index (χ3n) is 1.69. The third-order valence-corrected chi connectivity index (χ3v) is 1.69. The molecule has 5 heteroatoms. The summed E-state index contributed by atoms with van der Waals surface area (Å²) in [5, 5.41) is 0. The van der Waals surface area contributed by atoms with Crippen molar-refractivity contribution in [1.29, 1.82) is 0 Å². The second-order valence-corrected chi connectivity index (χ2v) is 2.71. The minimum absolute atomic E-state index is 0.191. The van der Waals surface area contributed by atoms with E-state index in [9.17, 15) is 17.6 Å². The second-order valence-electron chi connectivity index (χ2n) is 2.71. The highest BCUT2D eigenvalue weighted by atomic mass is 19.4. The molecule has 0 unspecified atom stereocenters. The maximum Gasteiger partial charge on any atom is 0.416 e. The summed E-state index contributed by atoms with van der Waals surface area (Å²) >= 11 is 0. The molecule has 0 bridgehead atoms. The van der Waals surface area contributed by atoms with Crippen LogP contribution in [-0.2, 0) is 0 Å². The van der Waals surface area contributed by atoms with E-state index in [0.29, 0.717) is 6.07 Å². The highest BCUT2D eigenvalue weighted by Gasteiger charge is 2.32. The number of hydrogen-bond acceptors (Lipinski definition) is 1. The van der Waals surface area contributed by atoms with Crippen molar-refractivity contribution in [2.45, 2.75) is 6.18 Å². The summed E-state index contributed by atoms with van der Waals surface area (Å²) in [6.07, 6.45) is -4.55. The Labute approximate surface area is 77.8 Å². The lowest BCUT2D eigenvalue weighted by Gasteiger charge is -2.10. The fourth-order valence-corrected chi connectivity index (χ4v) is 0.879. The Kier molecular flexibility index (Phi) is 2.51. The van der Waals surface area contributed by atoms with Gasteiger partial charge >= 0.3 is 6.18 Å². The lowest BCUT2D eigenvalue weighted by molar-refractivity contribution is -0.0686. The van der Waals surface area contributed by atoms with Gasteiger partial charge in [-0.2, -0.15) is 13.2 Å². The average molecular weight is 205 g/mol. The van der Waals surface area contributed by atoms with Crippen LogP contribution in [0.1, 0.15) is 5.56 Å². The number of benzene rings is 1. The molecule has 0 aromatic heterocycles. The third kappa shape index (κ3) is 2.04. The van der Waals surface area contributed by atoms with Gasteiger partial charge in [-0.05, 0) is 17.7 Å². The molecule has 0 fully saturated rings. The van der Waals surface area contributed by atoms with Crippen LogP contribution in [0.5, 0.6) is 0 Å². The van der Waals surface area contributed by atoms with Crippen LogP contribution in [-0.4, -0.2) is 6.18 Å². The maximum absolute atomic E-state index is 12.8. The van der Waals surface area contributed by atoms with E-state index >= 15 is 0 Å². The van der Waals surface area contributed by atoms with Crippen LogP contribution < -0.4 is 5.73 Å². The highest BCUT2D eigenvalue weighted by molar-refractivity contribution is 5.68. The van der Waals surface area contributed by atoms with Gasteiger partial charge in [-0.15, -0.1) is 0 Å². The van der Waals surface area contributed by atoms with Gasteiger partial charge in [0.1, 0.15) is 5.82 Å². The first kappa shape index (κ1) is 10.6. The van der Waals surface area contributed by atoms with Gasteiger partial charge in [0.15, 0.2) is 0 Å².